The molecule has 1 saturated carbocycles. The average Bonchev–Trinajstić information content (AvgIpc) is 3.12. The van der Waals surface area contributed by atoms with Crippen LogP contribution in [0, 0.1) is 5.82 Å². The topological polar surface area (TPSA) is 12.0 Å². The summed E-state index contributed by atoms with van der Waals surface area (Å²) in [6.45, 7) is 2.94. The van der Waals surface area contributed by atoms with Gasteiger partial charge in [-0.3, -0.25) is 0 Å². The Kier molecular flexibility index (Phi) is 4.35. The molecule has 0 radical (unpaired) electrons. The highest BCUT2D eigenvalue weighted by Gasteiger charge is 2.19. The quantitative estimate of drug-likeness (QED) is 0.806. The largest absolute Gasteiger partial charge is 0.314 e. The third-order valence-electron chi connectivity index (χ3n) is 2.98. The third kappa shape index (κ3) is 3.65. The number of nitrogens with one attached hydrogen (secondary N) is 1. The molecule has 0 aliphatic heterocycles. The van der Waals surface area contributed by atoms with E-state index in [1.165, 1.54) is 12.8 Å². The van der Waals surface area contributed by atoms with Crippen LogP contribution in [-0.4, -0.2) is 12.6 Å². The minimum Gasteiger partial charge on any atom is -0.314 e. The summed E-state index contributed by atoms with van der Waals surface area (Å²) < 4.78 is 14.3. The molecule has 0 saturated heterocycles. The molecule has 1 aliphatic carbocycles. The zero-order chi connectivity index (χ0) is 12.3. The van der Waals surface area contributed by atoms with Gasteiger partial charge in [0, 0.05) is 11.6 Å². The van der Waals surface area contributed by atoms with Crippen molar-refractivity contribution in [2.45, 2.75) is 32.2 Å². The summed E-state index contributed by atoms with van der Waals surface area (Å²) in [4.78, 5) is 0. The van der Waals surface area contributed by atoms with Crippen LogP contribution in [0.4, 0.5) is 4.39 Å². The Morgan fingerprint density at radius 2 is 2.29 bits per heavy atom. The van der Waals surface area contributed by atoms with E-state index in [2.05, 4.69) is 27.3 Å². The first-order valence-corrected chi connectivity index (χ1v) is 6.82. The number of benzene rings is 1. The van der Waals surface area contributed by atoms with Crippen LogP contribution in [-0.2, 0) is 0 Å². The van der Waals surface area contributed by atoms with Crippen LogP contribution in [0.5, 0.6) is 0 Å². The highest BCUT2D eigenvalue weighted by molar-refractivity contribution is 9.10. The van der Waals surface area contributed by atoms with Gasteiger partial charge < -0.3 is 5.32 Å². The molecule has 1 aromatic rings. The third-order valence-corrected chi connectivity index (χ3v) is 3.59. The molecule has 1 N–H and O–H groups in total. The first kappa shape index (κ1) is 12.8. The van der Waals surface area contributed by atoms with Crippen molar-refractivity contribution in [3.05, 3.63) is 40.1 Å². The molecule has 0 bridgehead atoms. The fourth-order valence-corrected chi connectivity index (χ4v) is 2.15. The van der Waals surface area contributed by atoms with E-state index in [0.29, 0.717) is 10.0 Å². The van der Waals surface area contributed by atoms with Crippen molar-refractivity contribution in [3.8, 4) is 0 Å². The molecule has 1 aromatic carbocycles. The summed E-state index contributed by atoms with van der Waals surface area (Å²) in [5.74, 6) is -0.170. The summed E-state index contributed by atoms with van der Waals surface area (Å²) in [5.41, 5.74) is 1.69. The fraction of sp³-hybridized carbons (Fsp3) is 0.429. The van der Waals surface area contributed by atoms with E-state index < -0.39 is 0 Å². The second-order valence-corrected chi connectivity index (χ2v) is 5.36. The van der Waals surface area contributed by atoms with E-state index in [1.807, 2.05) is 19.1 Å². The van der Waals surface area contributed by atoms with E-state index in [4.69, 9.17) is 0 Å². The van der Waals surface area contributed by atoms with Crippen LogP contribution in [0.15, 0.2) is 28.7 Å². The molecule has 17 heavy (non-hydrogen) atoms. The second-order valence-electron chi connectivity index (χ2n) is 4.51. The lowest BCUT2D eigenvalue weighted by atomic mass is 10.1. The lowest BCUT2D eigenvalue weighted by Crippen LogP contribution is -2.16. The Morgan fingerprint density at radius 3 is 3.00 bits per heavy atom. The van der Waals surface area contributed by atoms with Gasteiger partial charge >= 0.3 is 0 Å². The molecule has 1 fully saturated rings. The van der Waals surface area contributed by atoms with Crippen LogP contribution < -0.4 is 5.32 Å². The maximum Gasteiger partial charge on any atom is 0.144 e. The minimum absolute atomic E-state index is 0.170. The van der Waals surface area contributed by atoms with Gasteiger partial charge in [-0.1, -0.05) is 18.2 Å². The number of hydrogen-bond acceptors (Lipinski definition) is 1. The summed E-state index contributed by atoms with van der Waals surface area (Å²) >= 11 is 3.21. The van der Waals surface area contributed by atoms with Crippen molar-refractivity contribution < 1.29 is 4.39 Å². The van der Waals surface area contributed by atoms with E-state index in [0.717, 1.165) is 24.6 Å². The van der Waals surface area contributed by atoms with Crippen molar-refractivity contribution in [3.63, 3.8) is 0 Å². The van der Waals surface area contributed by atoms with Gasteiger partial charge in [0.25, 0.3) is 0 Å². The van der Waals surface area contributed by atoms with Crippen LogP contribution in [0.3, 0.4) is 0 Å². The SMILES string of the molecule is C/C(=C/CCNC1CC1)c1cccc(Br)c1F. The molecular formula is C14H17BrFN. The van der Waals surface area contributed by atoms with Gasteiger partial charge in [0.2, 0.25) is 0 Å². The second kappa shape index (κ2) is 5.78. The lowest BCUT2D eigenvalue weighted by molar-refractivity contribution is 0.617. The van der Waals surface area contributed by atoms with E-state index in [9.17, 15) is 4.39 Å². The van der Waals surface area contributed by atoms with Crippen LogP contribution in [0.1, 0.15) is 31.7 Å². The Bertz CT molecular complexity index is 424. The highest BCUT2D eigenvalue weighted by Crippen LogP contribution is 2.24. The molecule has 0 atom stereocenters. The molecule has 0 unspecified atom stereocenters. The van der Waals surface area contributed by atoms with Gasteiger partial charge in [-0.25, -0.2) is 4.39 Å². The summed E-state index contributed by atoms with van der Waals surface area (Å²) in [6.07, 6.45) is 5.67. The van der Waals surface area contributed by atoms with Crippen molar-refractivity contribution >= 4 is 21.5 Å². The molecule has 92 valence electrons. The molecule has 0 spiro atoms. The zero-order valence-electron chi connectivity index (χ0n) is 9.97. The van der Waals surface area contributed by atoms with Crippen molar-refractivity contribution in [2.75, 3.05) is 6.54 Å². The van der Waals surface area contributed by atoms with Crippen LogP contribution in [0.25, 0.3) is 5.57 Å². The van der Waals surface area contributed by atoms with Gasteiger partial charge in [0.15, 0.2) is 0 Å². The molecule has 1 aliphatic rings. The number of halogens is 2. The number of rotatable bonds is 5. The maximum atomic E-state index is 13.8. The van der Waals surface area contributed by atoms with Crippen molar-refractivity contribution in [1.82, 2.24) is 5.32 Å². The van der Waals surface area contributed by atoms with E-state index >= 15 is 0 Å². The van der Waals surface area contributed by atoms with Gasteiger partial charge in [-0.05, 0) is 60.3 Å². The molecule has 3 heteroatoms. The smallest absolute Gasteiger partial charge is 0.144 e. The maximum absolute atomic E-state index is 13.8. The molecule has 0 aromatic heterocycles. The van der Waals surface area contributed by atoms with Gasteiger partial charge in [-0.15, -0.1) is 0 Å². The monoisotopic (exact) mass is 297 g/mol. The van der Waals surface area contributed by atoms with E-state index in [-0.39, 0.29) is 5.82 Å². The Labute approximate surface area is 110 Å². The first-order valence-electron chi connectivity index (χ1n) is 6.03. The minimum atomic E-state index is -0.170. The normalized spacial score (nSPS) is 16.3. The lowest BCUT2D eigenvalue weighted by Gasteiger charge is -2.05. The average molecular weight is 298 g/mol. The van der Waals surface area contributed by atoms with Crippen molar-refractivity contribution in [2.24, 2.45) is 0 Å². The predicted molar refractivity (Wildman–Crippen MR) is 73.4 cm³/mol. The van der Waals surface area contributed by atoms with Crippen molar-refractivity contribution in [1.29, 1.82) is 0 Å². The highest BCUT2D eigenvalue weighted by atomic mass is 79.9. The van der Waals surface area contributed by atoms with Gasteiger partial charge in [-0.2, -0.15) is 0 Å². The standard InChI is InChI=1S/C14H17BrFN/c1-10(4-3-9-17-11-7-8-11)12-5-2-6-13(15)14(12)16/h2,4-6,11,17H,3,7-9H2,1H3/b10-4-. The Hall–Kier alpha value is -0.670. The van der Waals surface area contributed by atoms with Crippen LogP contribution in [0.2, 0.25) is 0 Å². The molecule has 0 heterocycles. The van der Waals surface area contributed by atoms with E-state index in [1.54, 1.807) is 6.07 Å². The zero-order valence-corrected chi connectivity index (χ0v) is 11.6. The predicted octanol–water partition coefficient (Wildman–Crippen LogP) is 4.13. The Morgan fingerprint density at radius 1 is 1.53 bits per heavy atom. The Balaban J connectivity index is 1.94. The summed E-state index contributed by atoms with van der Waals surface area (Å²) in [5, 5.41) is 3.44. The fourth-order valence-electron chi connectivity index (χ4n) is 1.78. The number of allylic oxidation sites excluding steroid dienone is 1. The summed E-state index contributed by atoms with van der Waals surface area (Å²) in [7, 11) is 0. The molecule has 1 nitrogen and oxygen atoms in total. The number of hydrogen-bond donors (Lipinski definition) is 1. The molecular weight excluding hydrogens is 281 g/mol. The van der Waals surface area contributed by atoms with Crippen LogP contribution >= 0.6 is 15.9 Å². The molecule has 0 amide bonds. The summed E-state index contributed by atoms with van der Waals surface area (Å²) in [6, 6.07) is 6.15. The first-order chi connectivity index (χ1) is 8.18. The van der Waals surface area contributed by atoms with Gasteiger partial charge in [0.1, 0.15) is 5.82 Å². The molecule has 2 rings (SSSR count). The van der Waals surface area contributed by atoms with Gasteiger partial charge in [0.05, 0.1) is 4.47 Å².